The molecule has 2 aliphatic rings. The van der Waals surface area contributed by atoms with Crippen LogP contribution in [0.5, 0.6) is 0 Å². The summed E-state index contributed by atoms with van der Waals surface area (Å²) in [6, 6.07) is 11.1. The van der Waals surface area contributed by atoms with Gasteiger partial charge in [0.25, 0.3) is 0 Å². The van der Waals surface area contributed by atoms with Gasteiger partial charge in [-0.05, 0) is 42.3 Å². The van der Waals surface area contributed by atoms with E-state index in [1.807, 2.05) is 25.1 Å². The maximum atomic E-state index is 15.1. The maximum absolute atomic E-state index is 15.1. The van der Waals surface area contributed by atoms with Crippen LogP contribution in [-0.4, -0.2) is 37.0 Å². The molecule has 1 amide bonds. The van der Waals surface area contributed by atoms with E-state index in [1.165, 1.54) is 24.3 Å². The van der Waals surface area contributed by atoms with Gasteiger partial charge in [0.15, 0.2) is 0 Å². The van der Waals surface area contributed by atoms with E-state index in [2.05, 4.69) is 4.90 Å². The van der Waals surface area contributed by atoms with Gasteiger partial charge >= 0.3 is 0 Å². The fraction of sp³-hybridized carbons (Fsp3) is 0.381. The minimum Gasteiger partial charge on any atom is -0.368 e. The third kappa shape index (κ3) is 3.41. The van der Waals surface area contributed by atoms with Gasteiger partial charge < -0.3 is 9.80 Å². The molecular weight excluding hydrogens is 370 g/mol. The van der Waals surface area contributed by atoms with Crippen LogP contribution >= 0.6 is 11.6 Å². The topological polar surface area (TPSA) is 23.6 Å². The van der Waals surface area contributed by atoms with Crippen LogP contribution < -0.4 is 4.90 Å². The number of benzene rings is 2. The molecule has 0 aromatic heterocycles. The largest absolute Gasteiger partial charge is 0.368 e. The van der Waals surface area contributed by atoms with Crippen LogP contribution in [0.15, 0.2) is 42.5 Å². The number of rotatable bonds is 3. The molecule has 1 saturated carbocycles. The number of anilines is 1. The first kappa shape index (κ1) is 18.2. The standard InChI is InChI=1S/C21H21ClF2N2O/c1-14-2-5-16(22)12-19(14)25-8-10-26(11-9-25)20(27)18-13-21(18,24)15-3-6-17(23)7-4-15/h2-7,12,18H,8-11,13H2,1H3/t18?,21-/m0/s1. The number of alkyl halides is 1. The fourth-order valence-corrected chi connectivity index (χ4v) is 4.04. The van der Waals surface area contributed by atoms with Crippen molar-refractivity contribution in [1.82, 2.24) is 4.90 Å². The van der Waals surface area contributed by atoms with E-state index in [0.717, 1.165) is 11.3 Å². The van der Waals surface area contributed by atoms with Crippen LogP contribution in [-0.2, 0) is 10.5 Å². The van der Waals surface area contributed by atoms with E-state index in [1.54, 1.807) is 4.90 Å². The van der Waals surface area contributed by atoms with E-state index in [-0.39, 0.29) is 12.3 Å². The zero-order valence-corrected chi connectivity index (χ0v) is 15.8. The summed E-state index contributed by atoms with van der Waals surface area (Å²) in [4.78, 5) is 16.7. The van der Waals surface area contributed by atoms with E-state index < -0.39 is 17.4 Å². The molecule has 1 saturated heterocycles. The molecule has 0 spiro atoms. The lowest BCUT2D eigenvalue weighted by molar-refractivity contribution is -0.134. The van der Waals surface area contributed by atoms with Gasteiger partial charge in [0, 0.05) is 43.3 Å². The number of hydrogen-bond acceptors (Lipinski definition) is 2. The maximum Gasteiger partial charge on any atom is 0.229 e. The average Bonchev–Trinajstić information content (AvgIpc) is 3.36. The lowest BCUT2D eigenvalue weighted by atomic mass is 10.1. The highest BCUT2D eigenvalue weighted by Crippen LogP contribution is 2.56. The summed E-state index contributed by atoms with van der Waals surface area (Å²) in [5.74, 6) is -1.22. The van der Waals surface area contributed by atoms with Gasteiger partial charge in [-0.2, -0.15) is 0 Å². The zero-order valence-electron chi connectivity index (χ0n) is 15.1. The van der Waals surface area contributed by atoms with Gasteiger partial charge in [0.1, 0.15) is 11.5 Å². The van der Waals surface area contributed by atoms with Crippen molar-refractivity contribution in [2.75, 3.05) is 31.1 Å². The van der Waals surface area contributed by atoms with E-state index >= 15 is 4.39 Å². The number of carbonyl (C=O) groups is 1. The van der Waals surface area contributed by atoms with Crippen molar-refractivity contribution in [2.24, 2.45) is 5.92 Å². The minimum absolute atomic E-state index is 0.149. The molecule has 3 nitrogen and oxygen atoms in total. The lowest BCUT2D eigenvalue weighted by Gasteiger charge is -2.37. The Labute approximate surface area is 162 Å². The fourth-order valence-electron chi connectivity index (χ4n) is 3.88. The molecule has 0 N–H and O–H groups in total. The summed E-state index contributed by atoms with van der Waals surface area (Å²) in [7, 11) is 0. The number of amides is 1. The highest BCUT2D eigenvalue weighted by molar-refractivity contribution is 6.30. The lowest BCUT2D eigenvalue weighted by Crippen LogP contribution is -2.49. The van der Waals surface area contributed by atoms with Crippen molar-refractivity contribution >= 4 is 23.2 Å². The Morgan fingerprint density at radius 3 is 2.44 bits per heavy atom. The van der Waals surface area contributed by atoms with Crippen LogP contribution in [0.4, 0.5) is 14.5 Å². The number of hydrogen-bond donors (Lipinski definition) is 0. The Morgan fingerprint density at radius 2 is 1.78 bits per heavy atom. The Bertz CT molecular complexity index is 865. The van der Waals surface area contributed by atoms with Crippen molar-refractivity contribution < 1.29 is 13.6 Å². The van der Waals surface area contributed by atoms with Crippen LogP contribution in [0.2, 0.25) is 5.02 Å². The first-order valence-electron chi connectivity index (χ1n) is 9.13. The van der Waals surface area contributed by atoms with Gasteiger partial charge in [-0.15, -0.1) is 0 Å². The Kier molecular flexibility index (Phi) is 4.58. The molecule has 1 unspecified atom stereocenters. The molecule has 2 fully saturated rings. The second-order valence-corrected chi connectivity index (χ2v) is 7.81. The van der Waals surface area contributed by atoms with Crippen LogP contribution in [0.3, 0.4) is 0 Å². The SMILES string of the molecule is Cc1ccc(Cl)cc1N1CCN(C(=O)C2C[C@]2(F)c2ccc(F)cc2)CC1. The first-order valence-corrected chi connectivity index (χ1v) is 9.51. The second-order valence-electron chi connectivity index (χ2n) is 7.37. The van der Waals surface area contributed by atoms with Gasteiger partial charge in [0.2, 0.25) is 5.91 Å². The Morgan fingerprint density at radius 1 is 1.11 bits per heavy atom. The molecule has 2 aromatic rings. The van der Waals surface area contributed by atoms with E-state index in [9.17, 15) is 9.18 Å². The van der Waals surface area contributed by atoms with E-state index in [4.69, 9.17) is 11.6 Å². The summed E-state index contributed by atoms with van der Waals surface area (Å²) in [6.07, 6.45) is 0.172. The predicted molar refractivity (Wildman–Crippen MR) is 102 cm³/mol. The third-order valence-corrected chi connectivity index (χ3v) is 5.85. The highest BCUT2D eigenvalue weighted by Gasteiger charge is 2.61. The quantitative estimate of drug-likeness (QED) is 0.779. The molecule has 1 aliphatic carbocycles. The Balaban J connectivity index is 1.39. The number of halogens is 3. The minimum atomic E-state index is -1.66. The first-order chi connectivity index (χ1) is 12.9. The molecule has 6 heteroatoms. The van der Waals surface area contributed by atoms with E-state index in [0.29, 0.717) is 36.8 Å². The predicted octanol–water partition coefficient (Wildman–Crippen LogP) is 4.32. The van der Waals surface area contributed by atoms with Crippen molar-refractivity contribution in [3.05, 3.63) is 64.4 Å². The Hall–Kier alpha value is -2.14. The smallest absolute Gasteiger partial charge is 0.229 e. The molecule has 1 aliphatic heterocycles. The van der Waals surface area contributed by atoms with Gasteiger partial charge in [0.05, 0.1) is 5.92 Å². The van der Waals surface area contributed by atoms with Gasteiger partial charge in [-0.1, -0.05) is 29.8 Å². The average molecular weight is 391 g/mol. The summed E-state index contributed by atoms with van der Waals surface area (Å²) in [5.41, 5.74) is 0.939. The van der Waals surface area contributed by atoms with Crippen molar-refractivity contribution in [3.63, 3.8) is 0 Å². The summed E-state index contributed by atoms with van der Waals surface area (Å²) >= 11 is 6.11. The van der Waals surface area contributed by atoms with Crippen LogP contribution in [0, 0.1) is 18.7 Å². The molecule has 1 heterocycles. The zero-order chi connectivity index (χ0) is 19.2. The van der Waals surface area contributed by atoms with Crippen molar-refractivity contribution in [3.8, 4) is 0 Å². The molecule has 27 heavy (non-hydrogen) atoms. The number of piperazine rings is 1. The molecule has 4 rings (SSSR count). The molecule has 0 bridgehead atoms. The molecule has 2 aromatic carbocycles. The van der Waals surface area contributed by atoms with Crippen LogP contribution in [0.1, 0.15) is 17.5 Å². The highest BCUT2D eigenvalue weighted by atomic mass is 35.5. The van der Waals surface area contributed by atoms with Crippen LogP contribution in [0.25, 0.3) is 0 Å². The summed E-state index contributed by atoms with van der Waals surface area (Å²) in [6.45, 7) is 4.53. The normalized spacial score (nSPS) is 24.8. The molecule has 142 valence electrons. The van der Waals surface area contributed by atoms with Gasteiger partial charge in [-0.3, -0.25) is 4.79 Å². The van der Waals surface area contributed by atoms with Gasteiger partial charge in [-0.25, -0.2) is 8.78 Å². The number of carbonyl (C=O) groups excluding carboxylic acids is 1. The molecular formula is C21H21ClF2N2O. The van der Waals surface area contributed by atoms with Crippen molar-refractivity contribution in [2.45, 2.75) is 19.0 Å². The third-order valence-electron chi connectivity index (χ3n) is 5.62. The monoisotopic (exact) mass is 390 g/mol. The number of nitrogens with zero attached hydrogens (tertiary/aromatic N) is 2. The molecule has 2 atom stereocenters. The summed E-state index contributed by atoms with van der Waals surface area (Å²) < 4.78 is 28.1. The second kappa shape index (κ2) is 6.79. The number of aryl methyl sites for hydroxylation is 1. The molecule has 0 radical (unpaired) electrons. The summed E-state index contributed by atoms with van der Waals surface area (Å²) in [5, 5.41) is 0.689. The van der Waals surface area contributed by atoms with Crippen molar-refractivity contribution in [1.29, 1.82) is 0 Å².